The molecular weight excluding hydrogens is 330 g/mol. The minimum absolute atomic E-state index is 0.101. The SMILES string of the molecule is C=C(CNC)NC(C(=O)N(C)c1cc(C)cc(C(=O)OC)c1)C(C)(C)C. The van der Waals surface area contributed by atoms with E-state index in [1.807, 2.05) is 40.8 Å². The third-order valence-electron chi connectivity index (χ3n) is 4.05. The smallest absolute Gasteiger partial charge is 0.337 e. The minimum atomic E-state index is -0.463. The number of hydrogen-bond donors (Lipinski definition) is 2. The summed E-state index contributed by atoms with van der Waals surface area (Å²) in [4.78, 5) is 26.6. The molecule has 0 saturated carbocycles. The molecule has 0 aliphatic heterocycles. The fraction of sp³-hybridized carbons (Fsp3) is 0.500. The van der Waals surface area contributed by atoms with E-state index in [1.54, 1.807) is 24.1 Å². The Balaban J connectivity index is 3.17. The van der Waals surface area contributed by atoms with Crippen molar-refractivity contribution in [2.24, 2.45) is 5.41 Å². The van der Waals surface area contributed by atoms with Crippen LogP contribution in [0.2, 0.25) is 0 Å². The summed E-state index contributed by atoms with van der Waals surface area (Å²) in [5.74, 6) is -0.528. The molecule has 1 aromatic carbocycles. The van der Waals surface area contributed by atoms with Crippen LogP contribution in [0.3, 0.4) is 0 Å². The van der Waals surface area contributed by atoms with E-state index >= 15 is 0 Å². The second-order valence-electron chi connectivity index (χ2n) is 7.52. The van der Waals surface area contributed by atoms with E-state index in [9.17, 15) is 9.59 Å². The van der Waals surface area contributed by atoms with Gasteiger partial charge in [0, 0.05) is 25.0 Å². The van der Waals surface area contributed by atoms with Crippen LogP contribution in [-0.4, -0.2) is 45.7 Å². The van der Waals surface area contributed by atoms with Gasteiger partial charge < -0.3 is 20.3 Å². The standard InChI is InChI=1S/C20H31N3O3/c1-13-9-15(19(25)26-8)11-16(10-13)23(7)18(24)17(20(3,4)5)22-14(2)12-21-6/h9-11,17,21-22H,2,12H2,1,3-8H3. The molecule has 0 aliphatic rings. The van der Waals surface area contributed by atoms with E-state index in [1.165, 1.54) is 7.11 Å². The summed E-state index contributed by atoms with van der Waals surface area (Å²) in [6.07, 6.45) is 0. The van der Waals surface area contributed by atoms with Gasteiger partial charge in [-0.05, 0) is 43.1 Å². The molecule has 1 amide bonds. The summed E-state index contributed by atoms with van der Waals surface area (Å²) in [5, 5.41) is 6.25. The Kier molecular flexibility index (Phi) is 7.39. The molecule has 0 radical (unpaired) electrons. The zero-order chi connectivity index (χ0) is 20.1. The predicted molar refractivity (Wildman–Crippen MR) is 105 cm³/mol. The topological polar surface area (TPSA) is 70.7 Å². The van der Waals surface area contributed by atoms with Crippen LogP contribution in [0.4, 0.5) is 5.69 Å². The fourth-order valence-corrected chi connectivity index (χ4v) is 2.63. The molecule has 0 spiro atoms. The summed E-state index contributed by atoms with van der Waals surface area (Å²) in [5.41, 5.74) is 2.36. The first-order valence-corrected chi connectivity index (χ1v) is 8.57. The van der Waals surface area contributed by atoms with Crippen molar-refractivity contribution in [1.82, 2.24) is 10.6 Å². The molecule has 1 rings (SSSR count). The van der Waals surface area contributed by atoms with Crippen LogP contribution in [0.1, 0.15) is 36.7 Å². The largest absolute Gasteiger partial charge is 0.465 e. The number of likely N-dealkylation sites (N-methyl/N-ethyl adjacent to an activating group) is 2. The van der Waals surface area contributed by atoms with Gasteiger partial charge >= 0.3 is 5.97 Å². The lowest BCUT2D eigenvalue weighted by Crippen LogP contribution is -2.52. The average molecular weight is 361 g/mol. The number of benzene rings is 1. The Bertz CT molecular complexity index is 677. The maximum absolute atomic E-state index is 13.2. The summed E-state index contributed by atoms with van der Waals surface area (Å²) in [6, 6.07) is 4.81. The molecule has 0 bridgehead atoms. The molecule has 2 N–H and O–H groups in total. The van der Waals surface area contributed by atoms with Crippen molar-refractivity contribution in [1.29, 1.82) is 0 Å². The molecule has 6 heteroatoms. The Morgan fingerprint density at radius 3 is 2.38 bits per heavy atom. The number of amides is 1. The predicted octanol–water partition coefficient (Wildman–Crippen LogP) is 2.48. The summed E-state index contributed by atoms with van der Waals surface area (Å²) >= 11 is 0. The van der Waals surface area contributed by atoms with Crippen molar-refractivity contribution in [2.75, 3.05) is 32.6 Å². The molecule has 0 aromatic heterocycles. The first-order chi connectivity index (χ1) is 12.0. The lowest BCUT2D eigenvalue weighted by Gasteiger charge is -2.35. The van der Waals surface area contributed by atoms with Crippen LogP contribution in [0, 0.1) is 12.3 Å². The Labute approximate surface area is 156 Å². The highest BCUT2D eigenvalue weighted by Crippen LogP contribution is 2.25. The first kappa shape index (κ1) is 21.7. The van der Waals surface area contributed by atoms with Crippen molar-refractivity contribution < 1.29 is 14.3 Å². The number of carbonyl (C=O) groups is 2. The molecule has 0 aliphatic carbocycles. The Hall–Kier alpha value is -2.34. The number of carbonyl (C=O) groups excluding carboxylic acids is 2. The van der Waals surface area contributed by atoms with Crippen molar-refractivity contribution in [2.45, 2.75) is 33.7 Å². The van der Waals surface area contributed by atoms with Crippen LogP contribution in [-0.2, 0) is 9.53 Å². The van der Waals surface area contributed by atoms with Gasteiger partial charge in [-0.15, -0.1) is 0 Å². The quantitative estimate of drug-likeness (QED) is 0.730. The van der Waals surface area contributed by atoms with Gasteiger partial charge in [0.05, 0.1) is 12.7 Å². The number of nitrogens with one attached hydrogen (secondary N) is 2. The van der Waals surface area contributed by atoms with Gasteiger partial charge in [-0.25, -0.2) is 4.79 Å². The molecule has 0 saturated heterocycles. The summed E-state index contributed by atoms with van der Waals surface area (Å²) in [7, 11) is 4.87. The van der Waals surface area contributed by atoms with Gasteiger partial charge in [-0.3, -0.25) is 4.79 Å². The van der Waals surface area contributed by atoms with Crippen molar-refractivity contribution in [3.8, 4) is 0 Å². The van der Waals surface area contributed by atoms with E-state index in [-0.39, 0.29) is 11.3 Å². The van der Waals surface area contributed by atoms with E-state index in [0.717, 1.165) is 11.3 Å². The Morgan fingerprint density at radius 1 is 1.27 bits per heavy atom. The lowest BCUT2D eigenvalue weighted by atomic mass is 9.85. The van der Waals surface area contributed by atoms with E-state index in [0.29, 0.717) is 17.8 Å². The van der Waals surface area contributed by atoms with E-state index in [2.05, 4.69) is 17.2 Å². The van der Waals surface area contributed by atoms with Crippen molar-refractivity contribution in [3.63, 3.8) is 0 Å². The molecule has 26 heavy (non-hydrogen) atoms. The normalized spacial score (nSPS) is 12.3. The molecule has 1 unspecified atom stereocenters. The molecule has 1 aromatic rings. The zero-order valence-electron chi connectivity index (χ0n) is 16.9. The fourth-order valence-electron chi connectivity index (χ4n) is 2.63. The zero-order valence-corrected chi connectivity index (χ0v) is 16.9. The van der Waals surface area contributed by atoms with Gasteiger partial charge in [0.15, 0.2) is 0 Å². The van der Waals surface area contributed by atoms with Crippen LogP contribution in [0.25, 0.3) is 0 Å². The molecule has 0 heterocycles. The highest BCUT2D eigenvalue weighted by atomic mass is 16.5. The van der Waals surface area contributed by atoms with E-state index < -0.39 is 12.0 Å². The number of aryl methyl sites for hydroxylation is 1. The third kappa shape index (κ3) is 5.59. The number of methoxy groups -OCH3 is 1. The second-order valence-corrected chi connectivity index (χ2v) is 7.52. The lowest BCUT2D eigenvalue weighted by molar-refractivity contribution is -0.122. The van der Waals surface area contributed by atoms with Gasteiger partial charge in [0.1, 0.15) is 6.04 Å². The highest BCUT2D eigenvalue weighted by Gasteiger charge is 2.34. The first-order valence-electron chi connectivity index (χ1n) is 8.57. The van der Waals surface area contributed by atoms with Crippen molar-refractivity contribution >= 4 is 17.6 Å². The monoisotopic (exact) mass is 361 g/mol. The van der Waals surface area contributed by atoms with Crippen LogP contribution in [0.5, 0.6) is 0 Å². The molecule has 0 fully saturated rings. The summed E-state index contributed by atoms with van der Waals surface area (Å²) < 4.78 is 4.79. The van der Waals surface area contributed by atoms with Gasteiger partial charge in [0.25, 0.3) is 0 Å². The molecular formula is C20H31N3O3. The number of anilines is 1. The number of rotatable bonds is 7. The third-order valence-corrected chi connectivity index (χ3v) is 4.05. The number of ether oxygens (including phenoxy) is 1. The number of hydrogen-bond acceptors (Lipinski definition) is 5. The number of nitrogens with zero attached hydrogens (tertiary/aromatic N) is 1. The van der Waals surface area contributed by atoms with Crippen molar-refractivity contribution in [3.05, 3.63) is 41.6 Å². The minimum Gasteiger partial charge on any atom is -0.465 e. The van der Waals surface area contributed by atoms with Crippen LogP contribution in [0.15, 0.2) is 30.5 Å². The van der Waals surface area contributed by atoms with Crippen LogP contribution >= 0.6 is 0 Å². The second kappa shape index (κ2) is 8.85. The highest BCUT2D eigenvalue weighted by molar-refractivity contribution is 5.99. The molecule has 6 nitrogen and oxygen atoms in total. The average Bonchev–Trinajstić information content (AvgIpc) is 2.56. The number of esters is 1. The van der Waals surface area contributed by atoms with Gasteiger partial charge in [-0.2, -0.15) is 0 Å². The maximum atomic E-state index is 13.2. The molecule has 1 atom stereocenters. The Morgan fingerprint density at radius 2 is 1.88 bits per heavy atom. The molecule has 144 valence electrons. The summed E-state index contributed by atoms with van der Waals surface area (Å²) in [6.45, 7) is 12.4. The van der Waals surface area contributed by atoms with Gasteiger partial charge in [0.2, 0.25) is 5.91 Å². The maximum Gasteiger partial charge on any atom is 0.337 e. The van der Waals surface area contributed by atoms with Crippen LogP contribution < -0.4 is 15.5 Å². The van der Waals surface area contributed by atoms with Gasteiger partial charge in [-0.1, -0.05) is 27.4 Å². The van der Waals surface area contributed by atoms with E-state index in [4.69, 9.17) is 4.74 Å².